The fraction of sp³-hybridized carbons (Fsp3) is 0.818. The third-order valence-corrected chi connectivity index (χ3v) is 2.60. The second-order valence-corrected chi connectivity index (χ2v) is 4.25. The van der Waals surface area contributed by atoms with E-state index in [-0.39, 0.29) is 6.04 Å². The van der Waals surface area contributed by atoms with Crippen LogP contribution < -0.4 is 5.73 Å². The van der Waals surface area contributed by atoms with E-state index in [0.29, 0.717) is 5.92 Å². The van der Waals surface area contributed by atoms with Gasteiger partial charge in [-0.15, -0.1) is 0 Å². The van der Waals surface area contributed by atoms with Crippen molar-refractivity contribution in [3.8, 4) is 0 Å². The predicted octanol–water partition coefficient (Wildman–Crippen LogP) is 0.840. The van der Waals surface area contributed by atoms with Gasteiger partial charge in [0, 0.05) is 32.7 Å². The van der Waals surface area contributed by atoms with Gasteiger partial charge in [0.15, 0.2) is 0 Å². The van der Waals surface area contributed by atoms with Gasteiger partial charge in [0.2, 0.25) is 0 Å². The summed E-state index contributed by atoms with van der Waals surface area (Å²) in [7, 11) is 1.72. The molecule has 0 aliphatic rings. The highest BCUT2D eigenvalue weighted by Crippen LogP contribution is 2.08. The van der Waals surface area contributed by atoms with Crippen LogP contribution in [0.5, 0.6) is 0 Å². The van der Waals surface area contributed by atoms with Crippen molar-refractivity contribution in [2.75, 3.05) is 13.7 Å². The van der Waals surface area contributed by atoms with Crippen LogP contribution in [0.4, 0.5) is 0 Å². The lowest BCUT2D eigenvalue weighted by atomic mass is 10.0. The van der Waals surface area contributed by atoms with Gasteiger partial charge >= 0.3 is 0 Å². The first-order chi connectivity index (χ1) is 7.67. The average molecular weight is 226 g/mol. The fourth-order valence-corrected chi connectivity index (χ4v) is 1.90. The molecular weight excluding hydrogens is 204 g/mol. The van der Waals surface area contributed by atoms with Crippen LogP contribution in [0.1, 0.15) is 26.1 Å². The molecule has 5 heteroatoms. The smallest absolute Gasteiger partial charge is 0.138 e. The van der Waals surface area contributed by atoms with Gasteiger partial charge in [-0.05, 0) is 19.3 Å². The Hall–Kier alpha value is -0.940. The topological polar surface area (TPSA) is 66.0 Å². The van der Waals surface area contributed by atoms with Gasteiger partial charge in [-0.3, -0.25) is 4.68 Å². The lowest BCUT2D eigenvalue weighted by molar-refractivity contribution is 0.151. The van der Waals surface area contributed by atoms with Gasteiger partial charge in [-0.25, -0.2) is 4.98 Å². The number of methoxy groups -OCH3 is 1. The lowest BCUT2D eigenvalue weighted by Gasteiger charge is -2.16. The molecule has 0 radical (unpaired) electrons. The van der Waals surface area contributed by atoms with E-state index in [1.807, 2.05) is 4.68 Å². The van der Waals surface area contributed by atoms with Crippen molar-refractivity contribution in [2.45, 2.75) is 39.3 Å². The van der Waals surface area contributed by atoms with Crippen LogP contribution in [-0.2, 0) is 17.7 Å². The maximum Gasteiger partial charge on any atom is 0.138 e. The number of aromatic nitrogens is 3. The highest BCUT2D eigenvalue weighted by Gasteiger charge is 2.12. The zero-order chi connectivity index (χ0) is 12.0. The molecule has 92 valence electrons. The van der Waals surface area contributed by atoms with E-state index < -0.39 is 0 Å². The van der Waals surface area contributed by atoms with Crippen molar-refractivity contribution in [2.24, 2.45) is 11.7 Å². The minimum absolute atomic E-state index is 0.125. The van der Waals surface area contributed by atoms with E-state index in [2.05, 4.69) is 23.9 Å². The first-order valence-corrected chi connectivity index (χ1v) is 5.78. The van der Waals surface area contributed by atoms with Crippen LogP contribution in [-0.4, -0.2) is 34.5 Å². The van der Waals surface area contributed by atoms with Crippen LogP contribution in [0.3, 0.4) is 0 Å². The van der Waals surface area contributed by atoms with E-state index in [4.69, 9.17) is 10.5 Å². The molecule has 0 aliphatic heterocycles. The van der Waals surface area contributed by atoms with Crippen molar-refractivity contribution in [3.05, 3.63) is 12.2 Å². The molecule has 16 heavy (non-hydrogen) atoms. The molecule has 2 N–H and O–H groups in total. The highest BCUT2D eigenvalue weighted by molar-refractivity contribution is 4.89. The minimum atomic E-state index is 0.125. The van der Waals surface area contributed by atoms with Crippen LogP contribution in [0, 0.1) is 5.92 Å². The summed E-state index contributed by atoms with van der Waals surface area (Å²) in [6.45, 7) is 5.80. The summed E-state index contributed by atoms with van der Waals surface area (Å²) in [6, 6.07) is 0.125. The van der Waals surface area contributed by atoms with Gasteiger partial charge in [0.05, 0.1) is 0 Å². The quantitative estimate of drug-likeness (QED) is 0.748. The van der Waals surface area contributed by atoms with E-state index in [0.717, 1.165) is 31.8 Å². The molecule has 0 saturated carbocycles. The molecule has 1 heterocycles. The second-order valence-electron chi connectivity index (χ2n) is 4.25. The molecule has 0 amide bonds. The monoisotopic (exact) mass is 226 g/mol. The van der Waals surface area contributed by atoms with Gasteiger partial charge in [0.25, 0.3) is 0 Å². The molecule has 1 rings (SSSR count). The molecular formula is C11H22N4O. The third kappa shape index (κ3) is 3.90. The summed E-state index contributed by atoms with van der Waals surface area (Å²) in [5, 5.41) is 4.13. The normalized spacial score (nSPS) is 15.0. The van der Waals surface area contributed by atoms with Crippen molar-refractivity contribution >= 4 is 0 Å². The number of hydrogen-bond donors (Lipinski definition) is 1. The minimum Gasteiger partial charge on any atom is -0.384 e. The molecule has 0 bridgehead atoms. The summed E-state index contributed by atoms with van der Waals surface area (Å²) in [5.74, 6) is 1.46. The number of rotatable bonds is 7. The first-order valence-electron chi connectivity index (χ1n) is 5.78. The number of nitrogens with two attached hydrogens (primary N) is 1. The maximum atomic E-state index is 6.08. The Morgan fingerprint density at radius 3 is 2.94 bits per heavy atom. The van der Waals surface area contributed by atoms with Gasteiger partial charge in [-0.2, -0.15) is 5.10 Å². The largest absolute Gasteiger partial charge is 0.384 e. The second kappa shape index (κ2) is 6.60. The van der Waals surface area contributed by atoms with Crippen molar-refractivity contribution in [1.82, 2.24) is 14.8 Å². The van der Waals surface area contributed by atoms with Crippen molar-refractivity contribution in [1.29, 1.82) is 0 Å². The Balaban J connectivity index is 2.42. The molecule has 0 fully saturated rings. The van der Waals surface area contributed by atoms with Crippen LogP contribution in [0.15, 0.2) is 6.33 Å². The zero-order valence-electron chi connectivity index (χ0n) is 10.4. The van der Waals surface area contributed by atoms with Crippen LogP contribution in [0.2, 0.25) is 0 Å². The number of ether oxygens (including phenoxy) is 1. The molecule has 0 saturated heterocycles. The molecule has 1 aromatic heterocycles. The third-order valence-electron chi connectivity index (χ3n) is 2.60. The van der Waals surface area contributed by atoms with Crippen LogP contribution >= 0.6 is 0 Å². The number of aryl methyl sites for hydroxylation is 1. The summed E-state index contributed by atoms with van der Waals surface area (Å²) in [5.41, 5.74) is 6.08. The Bertz CT molecular complexity index is 300. The Kier molecular flexibility index (Phi) is 5.42. The van der Waals surface area contributed by atoms with E-state index in [1.165, 1.54) is 0 Å². The Labute approximate surface area is 97.0 Å². The summed E-state index contributed by atoms with van der Waals surface area (Å²) >= 11 is 0. The lowest BCUT2D eigenvalue weighted by Crippen LogP contribution is -2.28. The standard InChI is InChI=1S/C11H22N4O/c1-4-15-11(13-8-14-15)6-10(12)5-9(2)7-16-3/h8-10H,4-7,12H2,1-3H3. The number of nitrogens with zero attached hydrogens (tertiary/aromatic N) is 3. The average Bonchev–Trinajstić information content (AvgIpc) is 2.65. The Morgan fingerprint density at radius 1 is 1.56 bits per heavy atom. The molecule has 2 atom stereocenters. The summed E-state index contributed by atoms with van der Waals surface area (Å²) < 4.78 is 6.99. The molecule has 5 nitrogen and oxygen atoms in total. The summed E-state index contributed by atoms with van der Waals surface area (Å²) in [6.07, 6.45) is 3.32. The molecule has 1 aromatic rings. The molecule has 0 aliphatic carbocycles. The maximum absolute atomic E-state index is 6.08. The molecule has 0 spiro atoms. The van der Waals surface area contributed by atoms with Crippen molar-refractivity contribution < 1.29 is 4.74 Å². The molecule has 0 aromatic carbocycles. The molecule has 2 unspecified atom stereocenters. The predicted molar refractivity (Wildman–Crippen MR) is 63.0 cm³/mol. The van der Waals surface area contributed by atoms with Crippen LogP contribution in [0.25, 0.3) is 0 Å². The van der Waals surface area contributed by atoms with Gasteiger partial charge in [-0.1, -0.05) is 6.92 Å². The van der Waals surface area contributed by atoms with Crippen molar-refractivity contribution in [3.63, 3.8) is 0 Å². The fourth-order valence-electron chi connectivity index (χ4n) is 1.90. The van der Waals surface area contributed by atoms with E-state index in [9.17, 15) is 0 Å². The number of hydrogen-bond acceptors (Lipinski definition) is 4. The van der Waals surface area contributed by atoms with Gasteiger partial charge in [0.1, 0.15) is 12.2 Å². The van der Waals surface area contributed by atoms with E-state index >= 15 is 0 Å². The summed E-state index contributed by atoms with van der Waals surface area (Å²) in [4.78, 5) is 4.22. The Morgan fingerprint density at radius 2 is 2.31 bits per heavy atom. The zero-order valence-corrected chi connectivity index (χ0v) is 10.4. The first kappa shape index (κ1) is 13.1. The van der Waals surface area contributed by atoms with E-state index in [1.54, 1.807) is 13.4 Å². The van der Waals surface area contributed by atoms with Gasteiger partial charge < -0.3 is 10.5 Å². The highest BCUT2D eigenvalue weighted by atomic mass is 16.5. The SMILES string of the molecule is CCn1ncnc1CC(N)CC(C)COC.